The minimum atomic E-state index is -4.99. The summed E-state index contributed by atoms with van der Waals surface area (Å²) in [5.74, 6) is -1.39. The number of amides is 2. The van der Waals surface area contributed by atoms with Gasteiger partial charge in [0, 0.05) is 44.9 Å². The number of piperidine rings is 2. The third-order valence-corrected chi connectivity index (χ3v) is 7.91. The van der Waals surface area contributed by atoms with Crippen molar-refractivity contribution < 1.29 is 45.1 Å². The first-order valence-corrected chi connectivity index (χ1v) is 13.4. The summed E-state index contributed by atoms with van der Waals surface area (Å²) in [5, 5.41) is 0. The molecular weight excluding hydrogens is 557 g/mol. The lowest BCUT2D eigenvalue weighted by Crippen LogP contribution is -2.50. The number of rotatable bonds is 5. The average molecular weight is 589 g/mol. The van der Waals surface area contributed by atoms with E-state index in [4.69, 9.17) is 4.74 Å². The topological polar surface area (TPSA) is 49.9 Å². The molecule has 2 aliphatic heterocycles. The number of alkyl halides is 6. The molecule has 12 heteroatoms. The van der Waals surface area contributed by atoms with Crippen LogP contribution in [-0.2, 0) is 26.7 Å². The number of ether oxygens (including phenoxy) is 1. The molecule has 5 nitrogen and oxygen atoms in total. The zero-order valence-corrected chi connectivity index (χ0v) is 22.6. The fourth-order valence-corrected chi connectivity index (χ4v) is 5.58. The van der Waals surface area contributed by atoms with E-state index in [9.17, 15) is 40.3 Å². The molecule has 2 fully saturated rings. The third-order valence-electron chi connectivity index (χ3n) is 7.91. The van der Waals surface area contributed by atoms with E-state index in [1.165, 1.54) is 38.1 Å². The predicted octanol–water partition coefficient (Wildman–Crippen LogP) is 6.58. The van der Waals surface area contributed by atoms with E-state index in [-0.39, 0.29) is 48.9 Å². The maximum absolute atomic E-state index is 13.7. The van der Waals surface area contributed by atoms with E-state index >= 15 is 0 Å². The summed E-state index contributed by atoms with van der Waals surface area (Å²) >= 11 is 0. The summed E-state index contributed by atoms with van der Waals surface area (Å²) in [6, 6.07) is 6.94. The summed E-state index contributed by atoms with van der Waals surface area (Å²) in [6.45, 7) is 4.27. The minimum absolute atomic E-state index is 0.0533. The average Bonchev–Trinajstić information content (AvgIpc) is 2.92. The van der Waals surface area contributed by atoms with Crippen LogP contribution in [0.4, 0.5) is 30.7 Å². The standard InChI is InChI=1S/C29H31F7N2O3/c1-17(21-13-22(28(31,32)33)15-23(14-21)29(34,35)36)41-26-9-12-38(16-25(26)19-3-5-24(30)6-4-19)27(40)20-7-10-37(11-8-20)18(2)39/h3-6,13-15,17,20,25-26H,7-12,16H2,1-2H3/t17-,25+,26+/m1/s1. The number of likely N-dealkylation sites (tertiary alicyclic amines) is 2. The van der Waals surface area contributed by atoms with Gasteiger partial charge in [-0.3, -0.25) is 9.59 Å². The Morgan fingerprint density at radius 3 is 1.90 bits per heavy atom. The molecule has 41 heavy (non-hydrogen) atoms. The molecule has 2 aromatic carbocycles. The van der Waals surface area contributed by atoms with Crippen molar-refractivity contribution in [2.24, 2.45) is 5.92 Å². The first-order valence-electron chi connectivity index (χ1n) is 13.4. The molecule has 2 heterocycles. The van der Waals surface area contributed by atoms with Gasteiger partial charge in [0.2, 0.25) is 11.8 Å². The Balaban J connectivity index is 1.55. The Morgan fingerprint density at radius 2 is 1.39 bits per heavy atom. The molecule has 2 amide bonds. The van der Waals surface area contributed by atoms with Crippen molar-refractivity contribution >= 4 is 11.8 Å². The minimum Gasteiger partial charge on any atom is -0.370 e. The first-order chi connectivity index (χ1) is 19.1. The number of benzene rings is 2. The number of hydrogen-bond donors (Lipinski definition) is 0. The van der Waals surface area contributed by atoms with Gasteiger partial charge < -0.3 is 14.5 Å². The highest BCUT2D eigenvalue weighted by Gasteiger charge is 2.40. The summed E-state index contributed by atoms with van der Waals surface area (Å²) < 4.78 is 100. The zero-order valence-electron chi connectivity index (χ0n) is 22.6. The highest BCUT2D eigenvalue weighted by molar-refractivity contribution is 5.80. The second-order valence-electron chi connectivity index (χ2n) is 10.7. The van der Waals surface area contributed by atoms with Gasteiger partial charge in [-0.2, -0.15) is 26.3 Å². The predicted molar refractivity (Wildman–Crippen MR) is 135 cm³/mol. The summed E-state index contributed by atoms with van der Waals surface area (Å²) in [7, 11) is 0. The SMILES string of the molecule is CC(=O)N1CCC(C(=O)N2CC[C@H](O[C@H](C)c3cc(C(F)(F)F)cc(C(F)(F)F)c3)[C@H](c3ccc(F)cc3)C2)CC1. The lowest BCUT2D eigenvalue weighted by molar-refractivity contribution is -0.143. The smallest absolute Gasteiger partial charge is 0.370 e. The monoisotopic (exact) mass is 588 g/mol. The van der Waals surface area contributed by atoms with Gasteiger partial charge in [0.15, 0.2) is 0 Å². The van der Waals surface area contributed by atoms with Gasteiger partial charge in [-0.05, 0) is 67.6 Å². The second kappa shape index (κ2) is 12.0. The Kier molecular flexibility index (Phi) is 9.01. The van der Waals surface area contributed by atoms with E-state index in [1.54, 1.807) is 9.80 Å². The van der Waals surface area contributed by atoms with Crippen LogP contribution in [0.1, 0.15) is 67.4 Å². The number of carbonyl (C=O) groups is 2. The van der Waals surface area contributed by atoms with Crippen molar-refractivity contribution in [3.8, 4) is 0 Å². The summed E-state index contributed by atoms with van der Waals surface area (Å²) in [5.41, 5.74) is -2.50. The lowest BCUT2D eigenvalue weighted by atomic mass is 9.86. The number of carbonyl (C=O) groups excluding carboxylic acids is 2. The molecule has 2 aromatic rings. The van der Waals surface area contributed by atoms with Crippen LogP contribution in [0.15, 0.2) is 42.5 Å². The molecular formula is C29H31F7N2O3. The lowest BCUT2D eigenvalue weighted by Gasteiger charge is -2.42. The largest absolute Gasteiger partial charge is 0.416 e. The van der Waals surface area contributed by atoms with E-state index in [0.29, 0.717) is 43.6 Å². The van der Waals surface area contributed by atoms with Crippen LogP contribution in [0.2, 0.25) is 0 Å². The normalized spacial score (nSPS) is 21.6. The molecule has 0 saturated carbocycles. The molecule has 0 radical (unpaired) electrons. The van der Waals surface area contributed by atoms with Crippen LogP contribution < -0.4 is 0 Å². The van der Waals surface area contributed by atoms with Crippen molar-refractivity contribution in [1.82, 2.24) is 9.80 Å². The van der Waals surface area contributed by atoms with Crippen LogP contribution in [0.5, 0.6) is 0 Å². The zero-order chi connectivity index (χ0) is 30.1. The van der Waals surface area contributed by atoms with Gasteiger partial charge in [0.1, 0.15) is 5.82 Å². The molecule has 0 bridgehead atoms. The van der Waals surface area contributed by atoms with Crippen molar-refractivity contribution in [3.63, 3.8) is 0 Å². The highest BCUT2D eigenvalue weighted by atomic mass is 19.4. The van der Waals surface area contributed by atoms with Gasteiger partial charge >= 0.3 is 12.4 Å². The van der Waals surface area contributed by atoms with Gasteiger partial charge in [-0.25, -0.2) is 4.39 Å². The molecule has 0 unspecified atom stereocenters. The van der Waals surface area contributed by atoms with E-state index < -0.39 is 47.4 Å². The van der Waals surface area contributed by atoms with Gasteiger partial charge in [0.25, 0.3) is 0 Å². The van der Waals surface area contributed by atoms with Crippen molar-refractivity contribution in [2.45, 2.75) is 63.6 Å². The van der Waals surface area contributed by atoms with Gasteiger partial charge in [0.05, 0.1) is 23.3 Å². The molecule has 0 N–H and O–H groups in total. The molecule has 4 rings (SSSR count). The van der Waals surface area contributed by atoms with Crippen LogP contribution >= 0.6 is 0 Å². The van der Waals surface area contributed by atoms with Crippen molar-refractivity contribution in [3.05, 3.63) is 70.5 Å². The fraction of sp³-hybridized carbons (Fsp3) is 0.517. The Bertz CT molecular complexity index is 1210. The number of hydrogen-bond acceptors (Lipinski definition) is 3. The molecule has 2 aliphatic rings. The van der Waals surface area contributed by atoms with E-state index in [1.807, 2.05) is 0 Å². The van der Waals surface area contributed by atoms with Gasteiger partial charge in [-0.15, -0.1) is 0 Å². The molecule has 0 spiro atoms. The van der Waals surface area contributed by atoms with Gasteiger partial charge in [-0.1, -0.05) is 12.1 Å². The summed E-state index contributed by atoms with van der Waals surface area (Å²) in [6.07, 6.45) is -10.5. The van der Waals surface area contributed by atoms with Crippen molar-refractivity contribution in [1.29, 1.82) is 0 Å². The van der Waals surface area contributed by atoms with Crippen LogP contribution in [0.25, 0.3) is 0 Å². The summed E-state index contributed by atoms with van der Waals surface area (Å²) in [4.78, 5) is 28.4. The number of halogens is 7. The van der Waals surface area contributed by atoms with Crippen LogP contribution in [-0.4, -0.2) is 53.9 Å². The maximum Gasteiger partial charge on any atom is 0.416 e. The Hall–Kier alpha value is -3.15. The Morgan fingerprint density at radius 1 is 0.854 bits per heavy atom. The third kappa shape index (κ3) is 7.38. The highest BCUT2D eigenvalue weighted by Crippen LogP contribution is 2.40. The van der Waals surface area contributed by atoms with E-state index in [0.717, 1.165) is 0 Å². The quantitative estimate of drug-likeness (QED) is 0.371. The molecule has 0 aromatic heterocycles. The molecule has 224 valence electrons. The van der Waals surface area contributed by atoms with Crippen LogP contribution in [0.3, 0.4) is 0 Å². The molecule has 3 atom stereocenters. The Labute approximate surface area is 233 Å². The first kappa shape index (κ1) is 30.8. The number of nitrogens with zero attached hydrogens (tertiary/aromatic N) is 2. The maximum atomic E-state index is 13.7. The molecule has 0 aliphatic carbocycles. The fourth-order valence-electron chi connectivity index (χ4n) is 5.58. The second-order valence-corrected chi connectivity index (χ2v) is 10.7. The molecule has 2 saturated heterocycles. The van der Waals surface area contributed by atoms with E-state index in [2.05, 4.69) is 0 Å². The van der Waals surface area contributed by atoms with Crippen LogP contribution in [0, 0.1) is 11.7 Å². The van der Waals surface area contributed by atoms with Crippen molar-refractivity contribution in [2.75, 3.05) is 26.2 Å².